The monoisotopic (exact) mass is 447 g/mol. The lowest BCUT2D eigenvalue weighted by Gasteiger charge is -2.29. The van der Waals surface area contributed by atoms with Crippen molar-refractivity contribution in [3.05, 3.63) is 100 Å². The minimum Gasteiger partial charge on any atom is -0.497 e. The van der Waals surface area contributed by atoms with Crippen LogP contribution in [-0.2, 0) is 4.79 Å². The molecule has 5 heteroatoms. The lowest BCUT2D eigenvalue weighted by Crippen LogP contribution is -2.24. The van der Waals surface area contributed by atoms with Crippen LogP contribution in [-0.4, -0.2) is 12.9 Å². The molecule has 0 bridgehead atoms. The molecule has 2 aliphatic rings. The summed E-state index contributed by atoms with van der Waals surface area (Å²) in [6.45, 7) is 0. The number of Topliss-reactive ketones (excluding diaryl/α,β-unsaturated/α-hetero) is 1. The van der Waals surface area contributed by atoms with E-state index in [-0.39, 0.29) is 17.0 Å². The number of fused-ring (bicyclic) bond motifs is 1. The fourth-order valence-corrected chi connectivity index (χ4v) is 5.83. The van der Waals surface area contributed by atoms with Crippen LogP contribution in [0.2, 0.25) is 5.02 Å². The molecule has 156 valence electrons. The molecule has 2 atom stereocenters. The van der Waals surface area contributed by atoms with Crippen molar-refractivity contribution in [1.29, 1.82) is 0 Å². The Balaban J connectivity index is 1.57. The molecule has 0 aromatic heterocycles. The van der Waals surface area contributed by atoms with Gasteiger partial charge in [0.25, 0.3) is 0 Å². The summed E-state index contributed by atoms with van der Waals surface area (Å²) in [6.07, 6.45) is 1.31. The number of rotatable bonds is 3. The zero-order chi connectivity index (χ0) is 21.4. The van der Waals surface area contributed by atoms with E-state index in [1.165, 1.54) is 0 Å². The van der Waals surface area contributed by atoms with E-state index in [2.05, 4.69) is 29.6 Å². The summed E-state index contributed by atoms with van der Waals surface area (Å²) in [5.41, 5.74) is 5.22. The lowest BCUT2D eigenvalue weighted by molar-refractivity contribution is -0.116. The van der Waals surface area contributed by atoms with Gasteiger partial charge in [0.1, 0.15) is 5.75 Å². The van der Waals surface area contributed by atoms with E-state index in [9.17, 15) is 4.79 Å². The summed E-state index contributed by atoms with van der Waals surface area (Å²) in [4.78, 5) is 14.7. The number of thioether (sulfide) groups is 1. The Labute approximate surface area is 191 Å². The van der Waals surface area contributed by atoms with E-state index in [4.69, 9.17) is 16.3 Å². The van der Waals surface area contributed by atoms with Crippen LogP contribution in [0.15, 0.2) is 89.0 Å². The quantitative estimate of drug-likeness (QED) is 0.468. The first-order chi connectivity index (χ1) is 15.1. The maximum atomic E-state index is 13.5. The van der Waals surface area contributed by atoms with Crippen molar-refractivity contribution >= 4 is 34.8 Å². The van der Waals surface area contributed by atoms with Crippen LogP contribution in [0.4, 0.5) is 5.69 Å². The van der Waals surface area contributed by atoms with Crippen LogP contribution >= 0.6 is 23.4 Å². The van der Waals surface area contributed by atoms with E-state index >= 15 is 0 Å². The van der Waals surface area contributed by atoms with E-state index in [1.807, 2.05) is 48.5 Å². The number of anilines is 1. The van der Waals surface area contributed by atoms with Crippen molar-refractivity contribution in [2.24, 2.45) is 0 Å². The Morgan fingerprint density at radius 2 is 1.65 bits per heavy atom. The average molecular weight is 448 g/mol. The van der Waals surface area contributed by atoms with Crippen molar-refractivity contribution in [3.8, 4) is 5.75 Å². The SMILES string of the molecule is COc1ccc([C@H]2CC(=O)C3=C(C2)Nc2ccccc2S[C@@H]3c2ccc(Cl)cc2)cc1. The number of para-hydroxylation sites is 1. The van der Waals surface area contributed by atoms with Crippen LogP contribution in [0.1, 0.15) is 35.1 Å². The Morgan fingerprint density at radius 3 is 2.39 bits per heavy atom. The van der Waals surface area contributed by atoms with Gasteiger partial charge >= 0.3 is 0 Å². The molecule has 1 aliphatic heterocycles. The highest BCUT2D eigenvalue weighted by molar-refractivity contribution is 8.00. The Morgan fingerprint density at radius 1 is 0.935 bits per heavy atom. The summed E-state index contributed by atoms with van der Waals surface area (Å²) in [6, 6.07) is 24.2. The molecule has 0 amide bonds. The van der Waals surface area contributed by atoms with Crippen LogP contribution in [0.5, 0.6) is 5.75 Å². The minimum atomic E-state index is -0.0623. The van der Waals surface area contributed by atoms with Gasteiger partial charge in [-0.05, 0) is 59.9 Å². The summed E-state index contributed by atoms with van der Waals surface area (Å²) in [7, 11) is 1.66. The highest BCUT2D eigenvalue weighted by Gasteiger charge is 2.36. The van der Waals surface area contributed by atoms with Crippen LogP contribution in [0.25, 0.3) is 0 Å². The van der Waals surface area contributed by atoms with Gasteiger partial charge < -0.3 is 10.1 Å². The molecule has 31 heavy (non-hydrogen) atoms. The molecule has 0 spiro atoms. The maximum Gasteiger partial charge on any atom is 0.162 e. The lowest BCUT2D eigenvalue weighted by atomic mass is 9.80. The second kappa shape index (κ2) is 8.45. The molecular weight excluding hydrogens is 426 g/mol. The van der Waals surface area contributed by atoms with Gasteiger partial charge in [-0.2, -0.15) is 0 Å². The van der Waals surface area contributed by atoms with Gasteiger partial charge in [-0.1, -0.05) is 48.0 Å². The number of methoxy groups -OCH3 is 1. The minimum absolute atomic E-state index is 0.0623. The van der Waals surface area contributed by atoms with Crippen molar-refractivity contribution in [1.82, 2.24) is 0 Å². The first-order valence-electron chi connectivity index (χ1n) is 10.3. The number of ether oxygens (including phenoxy) is 1. The van der Waals surface area contributed by atoms with Gasteiger partial charge in [-0.15, -0.1) is 11.8 Å². The average Bonchev–Trinajstić information content (AvgIpc) is 2.96. The fourth-order valence-electron chi connectivity index (χ4n) is 4.36. The number of allylic oxidation sites excluding steroid dienone is 1. The molecule has 0 fully saturated rings. The summed E-state index contributed by atoms with van der Waals surface area (Å²) >= 11 is 7.86. The number of halogens is 1. The number of ketones is 1. The predicted molar refractivity (Wildman–Crippen MR) is 127 cm³/mol. The zero-order valence-corrected chi connectivity index (χ0v) is 18.7. The highest BCUT2D eigenvalue weighted by Crippen LogP contribution is 2.51. The third-order valence-corrected chi connectivity index (χ3v) is 7.55. The largest absolute Gasteiger partial charge is 0.497 e. The Bertz CT molecular complexity index is 1150. The van der Waals surface area contributed by atoms with Crippen molar-refractivity contribution in [3.63, 3.8) is 0 Å². The molecule has 3 aromatic rings. The maximum absolute atomic E-state index is 13.5. The number of hydrogen-bond acceptors (Lipinski definition) is 4. The van der Waals surface area contributed by atoms with E-state index < -0.39 is 0 Å². The molecule has 0 radical (unpaired) electrons. The molecule has 1 aliphatic carbocycles. The molecule has 1 N–H and O–H groups in total. The molecule has 1 heterocycles. The molecule has 0 saturated carbocycles. The third kappa shape index (κ3) is 3.98. The van der Waals surface area contributed by atoms with Crippen LogP contribution < -0.4 is 10.1 Å². The number of hydrogen-bond donors (Lipinski definition) is 1. The zero-order valence-electron chi connectivity index (χ0n) is 17.1. The normalized spacial score (nSPS) is 20.4. The fraction of sp³-hybridized carbons (Fsp3) is 0.192. The van der Waals surface area contributed by atoms with Gasteiger partial charge in [-0.3, -0.25) is 4.79 Å². The summed E-state index contributed by atoms with van der Waals surface area (Å²) < 4.78 is 5.29. The molecule has 0 unspecified atom stereocenters. The molecule has 3 nitrogen and oxygen atoms in total. The topological polar surface area (TPSA) is 38.3 Å². The Kier molecular flexibility index (Phi) is 5.51. The predicted octanol–water partition coefficient (Wildman–Crippen LogP) is 7.01. The molecule has 0 saturated heterocycles. The molecular formula is C26H22ClNO2S. The first kappa shape index (κ1) is 20.2. The van der Waals surface area contributed by atoms with Crippen molar-refractivity contribution in [2.45, 2.75) is 28.9 Å². The smallest absolute Gasteiger partial charge is 0.162 e. The molecule has 5 rings (SSSR count). The van der Waals surface area contributed by atoms with Crippen molar-refractivity contribution < 1.29 is 9.53 Å². The Hall–Kier alpha value is -2.69. The summed E-state index contributed by atoms with van der Waals surface area (Å²) in [5, 5.41) is 4.25. The van der Waals surface area contributed by atoms with E-state index in [0.29, 0.717) is 11.4 Å². The van der Waals surface area contributed by atoms with E-state index in [1.54, 1.807) is 18.9 Å². The second-order valence-corrected chi connectivity index (χ2v) is 9.45. The van der Waals surface area contributed by atoms with Crippen LogP contribution in [0.3, 0.4) is 0 Å². The standard InChI is InChI=1S/C26H22ClNO2S/c1-30-20-12-8-16(9-13-20)18-14-22-25(23(29)15-18)26(17-6-10-19(27)11-7-17)31-24-5-3-2-4-21(24)28-22/h2-13,18,26,28H,14-15H2,1H3/t18-,26-/m1/s1. The van der Waals surface area contributed by atoms with E-state index in [0.717, 1.165) is 45.2 Å². The number of nitrogens with one attached hydrogen (secondary N) is 1. The van der Waals surface area contributed by atoms with Gasteiger partial charge in [0.05, 0.1) is 18.0 Å². The summed E-state index contributed by atoms with van der Waals surface area (Å²) in [5.74, 6) is 1.17. The third-order valence-electron chi connectivity index (χ3n) is 5.95. The van der Waals surface area contributed by atoms with Gasteiger partial charge in [0, 0.05) is 27.6 Å². The number of carbonyl (C=O) groups excluding carboxylic acids is 1. The van der Waals surface area contributed by atoms with Gasteiger partial charge in [-0.25, -0.2) is 0 Å². The van der Waals surface area contributed by atoms with Gasteiger partial charge in [0.15, 0.2) is 5.78 Å². The molecule has 3 aromatic carbocycles. The van der Waals surface area contributed by atoms with Gasteiger partial charge in [0.2, 0.25) is 0 Å². The van der Waals surface area contributed by atoms with Crippen molar-refractivity contribution in [2.75, 3.05) is 12.4 Å². The van der Waals surface area contributed by atoms with Crippen LogP contribution in [0, 0.1) is 0 Å². The number of carbonyl (C=O) groups is 1. The highest BCUT2D eigenvalue weighted by atomic mass is 35.5. The number of benzene rings is 3. The first-order valence-corrected chi connectivity index (χ1v) is 11.6. The second-order valence-electron chi connectivity index (χ2n) is 7.86.